The van der Waals surface area contributed by atoms with Crippen LogP contribution >= 0.6 is 0 Å². The van der Waals surface area contributed by atoms with Crippen molar-refractivity contribution in [2.24, 2.45) is 0 Å². The molecule has 4 rings (SSSR count). The molecule has 2 aromatic carbocycles. The van der Waals surface area contributed by atoms with Crippen LogP contribution in [-0.2, 0) is 35.2 Å². The third-order valence-electron chi connectivity index (χ3n) is 6.43. The molecular formula is C28H33N7O9. The number of ether oxygens (including phenoxy) is 1. The van der Waals surface area contributed by atoms with E-state index in [2.05, 4.69) is 30.9 Å². The number of carbonyl (C=O) groups excluding carboxylic acids is 4. The molecule has 44 heavy (non-hydrogen) atoms. The Morgan fingerprint density at radius 2 is 1.84 bits per heavy atom. The number of anilines is 1. The molecule has 1 aliphatic rings. The molecule has 1 aromatic heterocycles. The number of hydrogen-bond donors (Lipinski definition) is 3. The predicted molar refractivity (Wildman–Crippen MR) is 154 cm³/mol. The Kier molecular flexibility index (Phi) is 10.0. The summed E-state index contributed by atoms with van der Waals surface area (Å²) in [7, 11) is 0. The van der Waals surface area contributed by atoms with E-state index in [1.54, 1.807) is 45.0 Å². The Labute approximate surface area is 251 Å². The smallest absolute Gasteiger partial charge is 0.325 e. The molecule has 3 aromatic rings. The van der Waals surface area contributed by atoms with E-state index in [9.17, 15) is 29.3 Å². The van der Waals surface area contributed by atoms with E-state index in [4.69, 9.17) is 9.57 Å². The normalized spacial score (nSPS) is 15.4. The highest BCUT2D eigenvalue weighted by atomic mass is 16.7. The Hall–Kier alpha value is -5.12. The van der Waals surface area contributed by atoms with Gasteiger partial charge in [-0.1, -0.05) is 30.3 Å². The van der Waals surface area contributed by atoms with Crippen LogP contribution in [0.1, 0.15) is 39.2 Å². The molecule has 0 bridgehead atoms. The summed E-state index contributed by atoms with van der Waals surface area (Å²) >= 11 is 0. The first kappa shape index (κ1) is 31.8. The molecule has 3 N–H and O–H groups in total. The lowest BCUT2D eigenvalue weighted by molar-refractivity contribution is -0.383. The van der Waals surface area contributed by atoms with Crippen molar-refractivity contribution in [1.29, 1.82) is 0 Å². The third-order valence-corrected chi connectivity index (χ3v) is 6.43. The molecule has 234 valence electrons. The van der Waals surface area contributed by atoms with Gasteiger partial charge in [-0.2, -0.15) is 0 Å². The van der Waals surface area contributed by atoms with Gasteiger partial charge in [0, 0.05) is 31.9 Å². The number of fused-ring (bicyclic) bond motifs is 1. The molecule has 0 aliphatic carbocycles. The van der Waals surface area contributed by atoms with Crippen LogP contribution in [0.3, 0.4) is 0 Å². The highest BCUT2D eigenvalue weighted by Crippen LogP contribution is 2.28. The molecule has 1 fully saturated rings. The molecule has 16 nitrogen and oxygen atoms in total. The van der Waals surface area contributed by atoms with Crippen LogP contribution in [0.15, 0.2) is 47.1 Å². The number of aromatic nitrogens is 2. The second-order valence-corrected chi connectivity index (χ2v) is 10.9. The molecule has 2 unspecified atom stereocenters. The molecule has 0 radical (unpaired) electrons. The minimum Gasteiger partial charge on any atom is -0.459 e. The van der Waals surface area contributed by atoms with Gasteiger partial charge in [0.05, 0.1) is 17.2 Å². The summed E-state index contributed by atoms with van der Waals surface area (Å²) in [5.41, 5.74) is 0.253. The lowest BCUT2D eigenvalue weighted by Crippen LogP contribution is -2.54. The van der Waals surface area contributed by atoms with E-state index in [-0.39, 0.29) is 55.7 Å². The zero-order chi connectivity index (χ0) is 31.9. The van der Waals surface area contributed by atoms with E-state index in [0.717, 1.165) is 10.6 Å². The Bertz CT molecular complexity index is 1520. The number of nitro groups is 1. The minimum atomic E-state index is -1.07. The summed E-state index contributed by atoms with van der Waals surface area (Å²) in [5.74, 6) is -2.32. The van der Waals surface area contributed by atoms with Gasteiger partial charge in [0.1, 0.15) is 24.2 Å². The largest absolute Gasteiger partial charge is 0.459 e. The van der Waals surface area contributed by atoms with Gasteiger partial charge in [-0.3, -0.25) is 34.1 Å². The molecule has 16 heteroatoms. The number of carbonyl (C=O) groups is 4. The van der Waals surface area contributed by atoms with Crippen molar-refractivity contribution in [3.63, 3.8) is 0 Å². The van der Waals surface area contributed by atoms with Gasteiger partial charge < -0.3 is 20.7 Å². The van der Waals surface area contributed by atoms with Crippen molar-refractivity contribution < 1.29 is 38.3 Å². The maximum absolute atomic E-state index is 13.6. The SMILES string of the molecule is CC(C)(C)OC(=O)CNC(=O)C1CCON1C(=O)C(Cc1ccccc1)NC(=O)CCNc1ccc([N+](=O)[O-])c2nonc12. The number of nitro benzene ring substituents is 1. The zero-order valence-corrected chi connectivity index (χ0v) is 24.4. The van der Waals surface area contributed by atoms with Gasteiger partial charge in [0.25, 0.3) is 5.91 Å². The molecule has 2 heterocycles. The zero-order valence-electron chi connectivity index (χ0n) is 24.4. The van der Waals surface area contributed by atoms with Crippen LogP contribution in [-0.4, -0.2) is 81.4 Å². The van der Waals surface area contributed by atoms with E-state index in [1.807, 2.05) is 6.07 Å². The number of esters is 1. The fourth-order valence-electron chi connectivity index (χ4n) is 4.50. The van der Waals surface area contributed by atoms with Gasteiger partial charge in [-0.05, 0) is 42.7 Å². The predicted octanol–water partition coefficient (Wildman–Crippen LogP) is 1.65. The highest BCUT2D eigenvalue weighted by molar-refractivity contribution is 5.94. The number of hydrogen-bond acceptors (Lipinski definition) is 12. The quantitative estimate of drug-likeness (QED) is 0.152. The monoisotopic (exact) mass is 611 g/mol. The van der Waals surface area contributed by atoms with Crippen LogP contribution in [0.25, 0.3) is 11.0 Å². The number of nitrogens with one attached hydrogen (secondary N) is 3. The number of amides is 3. The first-order chi connectivity index (χ1) is 20.9. The summed E-state index contributed by atoms with van der Waals surface area (Å²) in [4.78, 5) is 67.7. The number of rotatable bonds is 12. The standard InChI is InChI=1S/C28H33N7O9/c1-28(2,3)43-23(37)16-30-26(38)21-12-14-42-34(21)27(39)19(15-17-7-5-4-6-8-17)31-22(36)11-13-29-18-9-10-20(35(40)41)25-24(18)32-44-33-25/h4-10,19,21,29H,11-16H2,1-3H3,(H,30,38)(H,31,36). The van der Waals surface area contributed by atoms with Gasteiger partial charge in [-0.15, -0.1) is 0 Å². The molecule has 1 aliphatic heterocycles. The van der Waals surface area contributed by atoms with Crippen molar-refractivity contribution in [2.75, 3.05) is 25.0 Å². The molecular weight excluding hydrogens is 578 g/mol. The van der Waals surface area contributed by atoms with Crippen LogP contribution < -0.4 is 16.0 Å². The molecule has 2 atom stereocenters. The van der Waals surface area contributed by atoms with E-state index >= 15 is 0 Å². The number of hydroxylamine groups is 2. The summed E-state index contributed by atoms with van der Waals surface area (Å²) in [6, 6.07) is 9.61. The summed E-state index contributed by atoms with van der Waals surface area (Å²) < 4.78 is 9.86. The second-order valence-electron chi connectivity index (χ2n) is 10.9. The van der Waals surface area contributed by atoms with Crippen LogP contribution in [0, 0.1) is 10.1 Å². The van der Waals surface area contributed by atoms with E-state index < -0.39 is 46.3 Å². The Morgan fingerprint density at radius 1 is 1.11 bits per heavy atom. The first-order valence-corrected chi connectivity index (χ1v) is 13.9. The Balaban J connectivity index is 1.40. The maximum Gasteiger partial charge on any atom is 0.325 e. The van der Waals surface area contributed by atoms with Gasteiger partial charge >= 0.3 is 11.7 Å². The summed E-state index contributed by atoms with van der Waals surface area (Å²) in [5, 5.41) is 27.6. The summed E-state index contributed by atoms with van der Waals surface area (Å²) in [6.07, 6.45) is 0.240. The topological polar surface area (TPSA) is 208 Å². The van der Waals surface area contributed by atoms with Crippen LogP contribution in [0.4, 0.5) is 11.4 Å². The fourth-order valence-corrected chi connectivity index (χ4v) is 4.50. The van der Waals surface area contributed by atoms with Crippen molar-refractivity contribution in [3.05, 3.63) is 58.1 Å². The number of non-ortho nitro benzene ring substituents is 1. The number of benzene rings is 2. The molecule has 3 amide bonds. The van der Waals surface area contributed by atoms with Gasteiger partial charge in [0.2, 0.25) is 17.3 Å². The highest BCUT2D eigenvalue weighted by Gasteiger charge is 2.39. The first-order valence-electron chi connectivity index (χ1n) is 13.9. The Morgan fingerprint density at radius 3 is 2.55 bits per heavy atom. The molecule has 1 saturated heterocycles. The maximum atomic E-state index is 13.6. The van der Waals surface area contributed by atoms with Gasteiger partial charge in [0.15, 0.2) is 5.52 Å². The molecule has 0 spiro atoms. The van der Waals surface area contributed by atoms with Crippen molar-refractivity contribution >= 4 is 46.1 Å². The van der Waals surface area contributed by atoms with Crippen LogP contribution in [0.5, 0.6) is 0 Å². The fraction of sp³-hybridized carbons (Fsp3) is 0.429. The third kappa shape index (κ3) is 8.25. The lowest BCUT2D eigenvalue weighted by Gasteiger charge is -2.27. The van der Waals surface area contributed by atoms with Crippen molar-refractivity contribution in [1.82, 2.24) is 26.0 Å². The average Bonchev–Trinajstić information content (AvgIpc) is 3.65. The minimum absolute atomic E-state index is 0.0340. The molecule has 0 saturated carbocycles. The second kappa shape index (κ2) is 13.9. The van der Waals surface area contributed by atoms with Crippen molar-refractivity contribution in [3.8, 4) is 0 Å². The average molecular weight is 612 g/mol. The van der Waals surface area contributed by atoms with E-state index in [0.29, 0.717) is 5.69 Å². The summed E-state index contributed by atoms with van der Waals surface area (Å²) in [6.45, 7) is 4.92. The van der Waals surface area contributed by atoms with Crippen LogP contribution in [0.2, 0.25) is 0 Å². The van der Waals surface area contributed by atoms with Crippen molar-refractivity contribution in [2.45, 2.75) is 57.7 Å². The number of nitrogens with zero attached hydrogens (tertiary/aromatic N) is 4. The van der Waals surface area contributed by atoms with Gasteiger partial charge in [-0.25, -0.2) is 9.69 Å². The van der Waals surface area contributed by atoms with E-state index in [1.165, 1.54) is 12.1 Å². The lowest BCUT2D eigenvalue weighted by atomic mass is 10.0.